The number of hydrogen-bond acceptors (Lipinski definition) is 3. The Balaban J connectivity index is 1.60. The highest BCUT2D eigenvalue weighted by molar-refractivity contribution is 6.37. The number of nitrogens with zero attached hydrogens (tertiary/aromatic N) is 2. The molecule has 3 rings (SSSR count). The molecule has 0 aromatic heterocycles. The van der Waals surface area contributed by atoms with Gasteiger partial charge in [-0.1, -0.05) is 59.6 Å². The van der Waals surface area contributed by atoms with Gasteiger partial charge in [-0.05, 0) is 24.6 Å². The van der Waals surface area contributed by atoms with Gasteiger partial charge in [0.2, 0.25) is 11.8 Å². The highest BCUT2D eigenvalue weighted by atomic mass is 35.5. The summed E-state index contributed by atoms with van der Waals surface area (Å²) in [5.41, 5.74) is 4.84. The highest BCUT2D eigenvalue weighted by Crippen LogP contribution is 2.22. The van der Waals surface area contributed by atoms with Gasteiger partial charge in [0.25, 0.3) is 0 Å². The quantitative estimate of drug-likeness (QED) is 0.607. The van der Waals surface area contributed by atoms with Gasteiger partial charge < -0.3 is 4.90 Å². The van der Waals surface area contributed by atoms with Crippen LogP contribution in [0.25, 0.3) is 0 Å². The lowest BCUT2D eigenvalue weighted by atomic mass is 10.1. The van der Waals surface area contributed by atoms with Crippen molar-refractivity contribution in [2.75, 3.05) is 6.54 Å². The van der Waals surface area contributed by atoms with Crippen LogP contribution in [0, 0.1) is 5.92 Å². The number of rotatable bonds is 5. The van der Waals surface area contributed by atoms with Crippen LogP contribution in [0.5, 0.6) is 0 Å². The molecule has 2 amide bonds. The number of nitrogens with one attached hydrogen (secondary N) is 1. The highest BCUT2D eigenvalue weighted by Gasteiger charge is 2.34. The predicted molar refractivity (Wildman–Crippen MR) is 107 cm³/mol. The number of carbonyl (C=O) groups is 2. The molecule has 1 N–H and O–H groups in total. The third-order valence-electron chi connectivity index (χ3n) is 4.46. The van der Waals surface area contributed by atoms with E-state index < -0.39 is 5.92 Å². The first-order valence-corrected chi connectivity index (χ1v) is 9.31. The fourth-order valence-corrected chi connectivity index (χ4v) is 3.52. The molecular formula is C20H19Cl2N3O2. The summed E-state index contributed by atoms with van der Waals surface area (Å²) in [5, 5.41) is 5.12. The fourth-order valence-electron chi connectivity index (χ4n) is 2.98. The summed E-state index contributed by atoms with van der Waals surface area (Å²) in [7, 11) is 0. The number of amides is 2. The molecule has 0 spiro atoms. The van der Waals surface area contributed by atoms with Gasteiger partial charge in [0, 0.05) is 30.1 Å². The van der Waals surface area contributed by atoms with Crippen LogP contribution in [0.3, 0.4) is 0 Å². The maximum Gasteiger partial charge on any atom is 0.245 e. The molecule has 7 heteroatoms. The van der Waals surface area contributed by atoms with Crippen LogP contribution in [-0.4, -0.2) is 29.0 Å². The Morgan fingerprint density at radius 2 is 1.96 bits per heavy atom. The zero-order valence-corrected chi connectivity index (χ0v) is 16.3. The molecule has 1 aliphatic heterocycles. The molecule has 140 valence electrons. The Hall–Kier alpha value is -2.37. The Labute approximate surface area is 168 Å². The zero-order valence-electron chi connectivity index (χ0n) is 14.8. The van der Waals surface area contributed by atoms with E-state index in [4.69, 9.17) is 23.2 Å². The van der Waals surface area contributed by atoms with Crippen LogP contribution in [0.1, 0.15) is 24.5 Å². The standard InChI is InChI=1S/C20H19Cl2N3O2/c1-13(17-8-7-16(21)10-18(17)22)23-24-20(27)15-9-19(26)25(12-15)11-14-5-3-2-4-6-14/h2-8,10,15H,9,11-12H2,1H3,(H,24,27)/b23-13+. The molecule has 1 unspecified atom stereocenters. The minimum atomic E-state index is -0.418. The molecule has 1 aliphatic rings. The largest absolute Gasteiger partial charge is 0.338 e. The topological polar surface area (TPSA) is 61.8 Å². The maximum atomic E-state index is 12.4. The number of halogens is 2. The van der Waals surface area contributed by atoms with Gasteiger partial charge in [-0.2, -0.15) is 5.10 Å². The van der Waals surface area contributed by atoms with E-state index >= 15 is 0 Å². The van der Waals surface area contributed by atoms with Crippen molar-refractivity contribution in [1.82, 2.24) is 10.3 Å². The van der Waals surface area contributed by atoms with Crippen molar-refractivity contribution >= 4 is 40.7 Å². The Morgan fingerprint density at radius 3 is 2.67 bits per heavy atom. The van der Waals surface area contributed by atoms with Gasteiger partial charge in [0.15, 0.2) is 0 Å². The van der Waals surface area contributed by atoms with E-state index in [9.17, 15) is 9.59 Å². The molecule has 1 atom stereocenters. The Kier molecular flexibility index (Phi) is 6.14. The summed E-state index contributed by atoms with van der Waals surface area (Å²) in [4.78, 5) is 26.3. The molecule has 5 nitrogen and oxygen atoms in total. The summed E-state index contributed by atoms with van der Waals surface area (Å²) < 4.78 is 0. The second-order valence-electron chi connectivity index (χ2n) is 6.46. The summed E-state index contributed by atoms with van der Waals surface area (Å²) in [5.74, 6) is -0.720. The van der Waals surface area contributed by atoms with Gasteiger partial charge in [-0.15, -0.1) is 0 Å². The van der Waals surface area contributed by atoms with Crippen molar-refractivity contribution in [3.63, 3.8) is 0 Å². The third kappa shape index (κ3) is 4.87. The van der Waals surface area contributed by atoms with Crippen LogP contribution in [0.2, 0.25) is 10.0 Å². The summed E-state index contributed by atoms with van der Waals surface area (Å²) in [6.45, 7) is 2.64. The molecule has 0 radical (unpaired) electrons. The fraction of sp³-hybridized carbons (Fsp3) is 0.250. The van der Waals surface area contributed by atoms with Crippen LogP contribution in [0.4, 0.5) is 0 Å². The van der Waals surface area contributed by atoms with Gasteiger partial charge >= 0.3 is 0 Å². The Morgan fingerprint density at radius 1 is 1.22 bits per heavy atom. The summed E-state index contributed by atoms with van der Waals surface area (Å²) >= 11 is 12.0. The molecule has 2 aromatic rings. The van der Waals surface area contributed by atoms with E-state index in [-0.39, 0.29) is 18.2 Å². The van der Waals surface area contributed by atoms with Gasteiger partial charge in [0.05, 0.1) is 16.7 Å². The minimum absolute atomic E-state index is 0.0274. The lowest BCUT2D eigenvalue weighted by Crippen LogP contribution is -2.30. The summed E-state index contributed by atoms with van der Waals surface area (Å²) in [6.07, 6.45) is 0.189. The van der Waals surface area contributed by atoms with Crippen LogP contribution < -0.4 is 5.43 Å². The van der Waals surface area contributed by atoms with E-state index in [2.05, 4.69) is 10.5 Å². The van der Waals surface area contributed by atoms with E-state index in [1.807, 2.05) is 30.3 Å². The average Bonchev–Trinajstić information content (AvgIpc) is 3.01. The number of benzene rings is 2. The lowest BCUT2D eigenvalue weighted by Gasteiger charge is -2.16. The first kappa shape index (κ1) is 19.4. The molecule has 0 saturated carbocycles. The van der Waals surface area contributed by atoms with Crippen molar-refractivity contribution in [2.24, 2.45) is 11.0 Å². The Bertz CT molecular complexity index is 884. The maximum absolute atomic E-state index is 12.4. The minimum Gasteiger partial charge on any atom is -0.338 e. The SMILES string of the molecule is C/C(=N\NC(=O)C1CC(=O)N(Cc2ccccc2)C1)c1ccc(Cl)cc1Cl. The lowest BCUT2D eigenvalue weighted by molar-refractivity contribution is -0.129. The molecule has 27 heavy (non-hydrogen) atoms. The van der Waals surface area contributed by atoms with E-state index in [1.54, 1.807) is 30.0 Å². The van der Waals surface area contributed by atoms with Crippen molar-refractivity contribution < 1.29 is 9.59 Å². The molecule has 1 saturated heterocycles. The first-order valence-electron chi connectivity index (χ1n) is 8.55. The van der Waals surface area contributed by atoms with Gasteiger partial charge in [-0.25, -0.2) is 5.43 Å². The van der Waals surface area contributed by atoms with Crippen molar-refractivity contribution in [2.45, 2.75) is 19.9 Å². The molecular weight excluding hydrogens is 385 g/mol. The number of hydrazone groups is 1. The molecule has 2 aromatic carbocycles. The third-order valence-corrected chi connectivity index (χ3v) is 5.00. The van der Waals surface area contributed by atoms with Crippen LogP contribution in [0.15, 0.2) is 53.6 Å². The van der Waals surface area contributed by atoms with Crippen molar-refractivity contribution in [1.29, 1.82) is 0 Å². The predicted octanol–water partition coefficient (Wildman–Crippen LogP) is 3.88. The van der Waals surface area contributed by atoms with E-state index in [0.717, 1.165) is 5.56 Å². The number of carbonyl (C=O) groups excluding carboxylic acids is 2. The molecule has 1 fully saturated rings. The van der Waals surface area contributed by atoms with Crippen molar-refractivity contribution in [3.05, 3.63) is 69.7 Å². The van der Waals surface area contributed by atoms with Gasteiger partial charge in [-0.3, -0.25) is 9.59 Å². The second-order valence-corrected chi connectivity index (χ2v) is 7.30. The van der Waals surface area contributed by atoms with Crippen LogP contribution >= 0.6 is 23.2 Å². The zero-order chi connectivity index (χ0) is 19.4. The number of likely N-dealkylation sites (tertiary alicyclic amines) is 1. The van der Waals surface area contributed by atoms with Crippen LogP contribution in [-0.2, 0) is 16.1 Å². The number of hydrogen-bond donors (Lipinski definition) is 1. The van der Waals surface area contributed by atoms with Gasteiger partial charge in [0.1, 0.15) is 0 Å². The van der Waals surface area contributed by atoms with E-state index in [1.165, 1.54) is 0 Å². The normalized spacial score (nSPS) is 17.3. The van der Waals surface area contributed by atoms with Crippen molar-refractivity contribution in [3.8, 4) is 0 Å². The first-order chi connectivity index (χ1) is 12.9. The average molecular weight is 404 g/mol. The van der Waals surface area contributed by atoms with E-state index in [0.29, 0.717) is 34.4 Å². The monoisotopic (exact) mass is 403 g/mol. The molecule has 0 aliphatic carbocycles. The summed E-state index contributed by atoms with van der Waals surface area (Å²) in [6, 6.07) is 14.8. The second kappa shape index (κ2) is 8.55. The molecule has 1 heterocycles. The smallest absolute Gasteiger partial charge is 0.245 e. The molecule has 0 bridgehead atoms.